The highest BCUT2D eigenvalue weighted by Gasteiger charge is 2.52. The van der Waals surface area contributed by atoms with E-state index < -0.39 is 0 Å². The van der Waals surface area contributed by atoms with Crippen molar-refractivity contribution < 1.29 is 5.21 Å². The fraction of sp³-hybridized carbons (Fsp3) is 0.923. The van der Waals surface area contributed by atoms with E-state index in [4.69, 9.17) is 0 Å². The van der Waals surface area contributed by atoms with Gasteiger partial charge in [0.25, 0.3) is 0 Å². The molecule has 4 aliphatic carbocycles. The molecular weight excluding hydrogens is 186 g/mol. The summed E-state index contributed by atoms with van der Waals surface area (Å²) in [5.74, 6) is 2.83. The fourth-order valence-electron chi connectivity index (χ4n) is 5.02. The van der Waals surface area contributed by atoms with E-state index in [1.807, 2.05) is 0 Å². The van der Waals surface area contributed by atoms with Crippen molar-refractivity contribution in [3.63, 3.8) is 0 Å². The number of oxime groups is 1. The summed E-state index contributed by atoms with van der Waals surface area (Å²) in [5, 5.41) is 12.8. The zero-order valence-electron chi connectivity index (χ0n) is 9.58. The van der Waals surface area contributed by atoms with Gasteiger partial charge in [0.05, 0.1) is 5.71 Å². The Hall–Kier alpha value is -0.530. The van der Waals surface area contributed by atoms with Gasteiger partial charge < -0.3 is 5.21 Å². The molecule has 0 saturated heterocycles. The molecule has 4 bridgehead atoms. The Kier molecular flexibility index (Phi) is 2.08. The van der Waals surface area contributed by atoms with Gasteiger partial charge in [0.2, 0.25) is 0 Å². The standard InChI is InChI=1S/C13H21NO/c1-2-12(14-15)13-6-9-3-10(7-13)5-11(4-9)8-13/h9-11,15H,2-8H2,1H3. The van der Waals surface area contributed by atoms with Crippen LogP contribution >= 0.6 is 0 Å². The molecule has 4 fully saturated rings. The van der Waals surface area contributed by atoms with E-state index in [0.29, 0.717) is 5.41 Å². The number of hydrogen-bond donors (Lipinski definition) is 1. The largest absolute Gasteiger partial charge is 0.411 e. The van der Waals surface area contributed by atoms with E-state index in [9.17, 15) is 5.21 Å². The van der Waals surface area contributed by atoms with Crippen LogP contribution in [0.3, 0.4) is 0 Å². The molecule has 0 aliphatic heterocycles. The van der Waals surface area contributed by atoms with Crippen molar-refractivity contribution >= 4 is 5.71 Å². The van der Waals surface area contributed by atoms with Gasteiger partial charge in [-0.1, -0.05) is 12.1 Å². The number of nitrogens with zero attached hydrogens (tertiary/aromatic N) is 1. The first-order chi connectivity index (χ1) is 7.25. The summed E-state index contributed by atoms with van der Waals surface area (Å²) in [4.78, 5) is 0. The van der Waals surface area contributed by atoms with Crippen LogP contribution in [0.2, 0.25) is 0 Å². The molecule has 4 aliphatic rings. The first-order valence-corrected chi connectivity index (χ1v) is 6.47. The maximum absolute atomic E-state index is 9.17. The number of hydrogen-bond acceptors (Lipinski definition) is 2. The van der Waals surface area contributed by atoms with Crippen LogP contribution in [-0.2, 0) is 0 Å². The van der Waals surface area contributed by atoms with E-state index >= 15 is 0 Å². The Balaban J connectivity index is 1.92. The summed E-state index contributed by atoms with van der Waals surface area (Å²) in [7, 11) is 0. The topological polar surface area (TPSA) is 32.6 Å². The summed E-state index contributed by atoms with van der Waals surface area (Å²) in [5.41, 5.74) is 1.42. The highest BCUT2D eigenvalue weighted by molar-refractivity contribution is 5.90. The Morgan fingerprint density at radius 2 is 1.60 bits per heavy atom. The van der Waals surface area contributed by atoms with Gasteiger partial charge in [0, 0.05) is 5.41 Å². The summed E-state index contributed by atoms with van der Waals surface area (Å²) < 4.78 is 0. The third-order valence-electron chi connectivity index (χ3n) is 5.11. The van der Waals surface area contributed by atoms with Crippen molar-refractivity contribution in [3.05, 3.63) is 0 Å². The molecule has 0 spiro atoms. The molecule has 0 heterocycles. The van der Waals surface area contributed by atoms with Gasteiger partial charge in [-0.05, 0) is 62.7 Å². The molecule has 2 heteroatoms. The van der Waals surface area contributed by atoms with Gasteiger partial charge in [-0.3, -0.25) is 0 Å². The molecule has 0 aromatic carbocycles. The van der Waals surface area contributed by atoms with Crippen LogP contribution in [0.25, 0.3) is 0 Å². The lowest BCUT2D eigenvalue weighted by molar-refractivity contribution is -0.0146. The van der Waals surface area contributed by atoms with Gasteiger partial charge in [-0.25, -0.2) is 0 Å². The molecule has 0 aromatic heterocycles. The van der Waals surface area contributed by atoms with E-state index in [1.54, 1.807) is 0 Å². The Morgan fingerprint density at radius 3 is 1.93 bits per heavy atom. The molecule has 4 rings (SSSR count). The van der Waals surface area contributed by atoms with Gasteiger partial charge in [-0.15, -0.1) is 0 Å². The second-order valence-corrected chi connectivity index (χ2v) is 6.10. The predicted octanol–water partition coefficient (Wildman–Crippen LogP) is 3.44. The first-order valence-electron chi connectivity index (χ1n) is 6.47. The van der Waals surface area contributed by atoms with Crippen molar-refractivity contribution in [3.8, 4) is 0 Å². The van der Waals surface area contributed by atoms with Crippen LogP contribution in [0.4, 0.5) is 0 Å². The van der Waals surface area contributed by atoms with Crippen molar-refractivity contribution in [2.75, 3.05) is 0 Å². The third-order valence-corrected chi connectivity index (χ3v) is 5.11. The molecule has 84 valence electrons. The van der Waals surface area contributed by atoms with E-state index in [-0.39, 0.29) is 0 Å². The molecule has 4 saturated carbocycles. The zero-order chi connectivity index (χ0) is 10.5. The monoisotopic (exact) mass is 207 g/mol. The van der Waals surface area contributed by atoms with Gasteiger partial charge in [0.1, 0.15) is 0 Å². The first kappa shape index (κ1) is 9.68. The van der Waals surface area contributed by atoms with Crippen molar-refractivity contribution in [2.24, 2.45) is 28.3 Å². The molecule has 0 unspecified atom stereocenters. The smallest absolute Gasteiger partial charge is 0.0629 e. The highest BCUT2D eigenvalue weighted by atomic mass is 16.4. The van der Waals surface area contributed by atoms with Crippen molar-refractivity contribution in [1.82, 2.24) is 0 Å². The Labute approximate surface area is 91.7 Å². The summed E-state index contributed by atoms with van der Waals surface area (Å²) in [6.45, 7) is 2.13. The van der Waals surface area contributed by atoms with E-state index in [2.05, 4.69) is 12.1 Å². The average molecular weight is 207 g/mol. The third kappa shape index (κ3) is 1.33. The molecular formula is C13H21NO. The van der Waals surface area contributed by atoms with E-state index in [1.165, 1.54) is 38.5 Å². The SMILES string of the molecule is CCC(=NO)C12CC3CC(CC(C3)C1)C2. The van der Waals surface area contributed by atoms with E-state index in [0.717, 1.165) is 29.9 Å². The molecule has 2 nitrogen and oxygen atoms in total. The van der Waals surface area contributed by atoms with Gasteiger partial charge in [0.15, 0.2) is 0 Å². The Morgan fingerprint density at radius 1 is 1.13 bits per heavy atom. The molecule has 0 radical (unpaired) electrons. The van der Waals surface area contributed by atoms with Gasteiger partial charge in [-0.2, -0.15) is 0 Å². The molecule has 0 atom stereocenters. The van der Waals surface area contributed by atoms with Crippen LogP contribution in [0, 0.1) is 23.2 Å². The van der Waals surface area contributed by atoms with Crippen LogP contribution in [0.5, 0.6) is 0 Å². The maximum atomic E-state index is 9.17. The average Bonchev–Trinajstić information content (AvgIpc) is 2.16. The highest BCUT2D eigenvalue weighted by Crippen LogP contribution is 2.60. The quantitative estimate of drug-likeness (QED) is 0.420. The summed E-state index contributed by atoms with van der Waals surface area (Å²) in [6.07, 6.45) is 9.25. The van der Waals surface area contributed by atoms with Crippen molar-refractivity contribution in [2.45, 2.75) is 51.9 Å². The molecule has 0 amide bonds. The summed E-state index contributed by atoms with van der Waals surface area (Å²) >= 11 is 0. The van der Waals surface area contributed by atoms with Crippen LogP contribution in [0.1, 0.15) is 51.9 Å². The second-order valence-electron chi connectivity index (χ2n) is 6.10. The predicted molar refractivity (Wildman–Crippen MR) is 60.1 cm³/mol. The lowest BCUT2D eigenvalue weighted by Crippen LogP contribution is -2.49. The maximum Gasteiger partial charge on any atom is 0.0629 e. The Bertz CT molecular complexity index is 260. The van der Waals surface area contributed by atoms with Crippen LogP contribution in [-0.4, -0.2) is 10.9 Å². The van der Waals surface area contributed by atoms with Gasteiger partial charge >= 0.3 is 0 Å². The zero-order valence-corrected chi connectivity index (χ0v) is 9.58. The van der Waals surface area contributed by atoms with Crippen LogP contribution < -0.4 is 0 Å². The van der Waals surface area contributed by atoms with Crippen LogP contribution in [0.15, 0.2) is 5.16 Å². The normalized spacial score (nSPS) is 48.6. The lowest BCUT2D eigenvalue weighted by Gasteiger charge is -2.56. The minimum Gasteiger partial charge on any atom is -0.411 e. The minimum atomic E-state index is 0.318. The lowest BCUT2D eigenvalue weighted by atomic mass is 9.48. The molecule has 15 heavy (non-hydrogen) atoms. The fourth-order valence-corrected chi connectivity index (χ4v) is 5.02. The summed E-state index contributed by atoms with van der Waals surface area (Å²) in [6, 6.07) is 0. The molecule has 0 aromatic rings. The minimum absolute atomic E-state index is 0.318. The molecule has 1 N–H and O–H groups in total. The second kappa shape index (κ2) is 3.23. The van der Waals surface area contributed by atoms with Crippen molar-refractivity contribution in [1.29, 1.82) is 0 Å². The number of rotatable bonds is 2.